The zero-order valence-electron chi connectivity index (χ0n) is 26.0. The van der Waals surface area contributed by atoms with Gasteiger partial charge in [-0.25, -0.2) is 13.2 Å². The van der Waals surface area contributed by atoms with Crippen molar-refractivity contribution in [3.63, 3.8) is 0 Å². The van der Waals surface area contributed by atoms with Crippen molar-refractivity contribution in [3.8, 4) is 28.0 Å². The monoisotopic (exact) mass is 606 g/mol. The minimum atomic E-state index is -1.08. The van der Waals surface area contributed by atoms with Crippen molar-refractivity contribution in [1.29, 1.82) is 0 Å². The maximum atomic E-state index is 15.5. The molecule has 2 aliphatic rings. The molecular formula is C39H46F4O. The molecule has 0 radical (unpaired) electrons. The summed E-state index contributed by atoms with van der Waals surface area (Å²) in [5.41, 5.74) is 1.61. The number of hydrogen-bond donors (Lipinski definition) is 0. The van der Waals surface area contributed by atoms with Gasteiger partial charge in [-0.1, -0.05) is 101 Å². The van der Waals surface area contributed by atoms with Crippen molar-refractivity contribution in [3.05, 3.63) is 90.0 Å². The van der Waals surface area contributed by atoms with Crippen LogP contribution in [0.15, 0.2) is 61.2 Å². The van der Waals surface area contributed by atoms with Gasteiger partial charge in [-0.15, -0.1) is 0 Å². The Kier molecular flexibility index (Phi) is 11.2. The predicted molar refractivity (Wildman–Crippen MR) is 172 cm³/mol. The highest BCUT2D eigenvalue weighted by molar-refractivity contribution is 5.72. The quantitative estimate of drug-likeness (QED) is 0.113. The molecule has 2 saturated carbocycles. The first-order valence-electron chi connectivity index (χ1n) is 16.7. The van der Waals surface area contributed by atoms with Gasteiger partial charge in [0, 0.05) is 11.1 Å². The molecule has 0 atom stereocenters. The zero-order chi connectivity index (χ0) is 31.1. The molecule has 0 amide bonds. The van der Waals surface area contributed by atoms with E-state index < -0.39 is 23.3 Å². The van der Waals surface area contributed by atoms with Gasteiger partial charge in [-0.2, -0.15) is 4.39 Å². The third-order valence-electron chi connectivity index (χ3n) is 10.3. The van der Waals surface area contributed by atoms with Crippen molar-refractivity contribution in [2.45, 2.75) is 96.3 Å². The van der Waals surface area contributed by atoms with E-state index in [-0.39, 0.29) is 29.4 Å². The third kappa shape index (κ3) is 7.41. The van der Waals surface area contributed by atoms with E-state index in [9.17, 15) is 8.78 Å². The molecule has 0 spiro atoms. The summed E-state index contributed by atoms with van der Waals surface area (Å²) in [4.78, 5) is 0. The van der Waals surface area contributed by atoms with Crippen molar-refractivity contribution in [2.24, 2.45) is 17.8 Å². The first-order chi connectivity index (χ1) is 21.4. The second kappa shape index (κ2) is 15.3. The Hall–Kier alpha value is -3.08. The SMILES string of the molecule is C=CCOc1ccc(-c2ccc(-c3ccc(C4CCC(C5CCC(CCCCCC)CC5)CC4)c(F)c3F)cc2)c(F)c1F. The Bertz CT molecular complexity index is 1380. The fourth-order valence-electron chi connectivity index (χ4n) is 7.66. The van der Waals surface area contributed by atoms with E-state index in [1.165, 1.54) is 76.0 Å². The topological polar surface area (TPSA) is 9.23 Å². The molecule has 5 heteroatoms. The summed E-state index contributed by atoms with van der Waals surface area (Å²) in [5, 5.41) is 0. The van der Waals surface area contributed by atoms with Crippen LogP contribution in [-0.2, 0) is 0 Å². The minimum Gasteiger partial charge on any atom is -0.486 e. The lowest BCUT2D eigenvalue weighted by atomic mass is 9.68. The summed E-state index contributed by atoms with van der Waals surface area (Å²) in [6.07, 6.45) is 17.6. The standard InChI is InChI=1S/C39H46F4O/c1-3-5-6-7-8-26-9-11-27(12-10-26)28-13-15-29(16-14-28)32-21-22-33(37(41)36(32)40)30-17-19-31(20-18-30)34-23-24-35(44-25-4-2)39(43)38(34)42/h4,17-24,26-29H,2-3,5-16,25H2,1H3. The Morgan fingerprint density at radius 3 is 1.82 bits per heavy atom. The number of unbranched alkanes of at least 4 members (excludes halogenated alkanes) is 3. The van der Waals surface area contributed by atoms with Gasteiger partial charge in [0.2, 0.25) is 5.82 Å². The molecule has 0 bridgehead atoms. The van der Waals surface area contributed by atoms with Crippen LogP contribution in [0.2, 0.25) is 0 Å². The lowest BCUT2D eigenvalue weighted by molar-refractivity contribution is 0.155. The van der Waals surface area contributed by atoms with Crippen molar-refractivity contribution < 1.29 is 22.3 Å². The molecule has 0 unspecified atom stereocenters. The summed E-state index contributed by atoms with van der Waals surface area (Å²) >= 11 is 0. The van der Waals surface area contributed by atoms with Crippen LogP contribution in [0.3, 0.4) is 0 Å². The number of ether oxygens (including phenoxy) is 1. The van der Waals surface area contributed by atoms with Crippen LogP contribution in [0.25, 0.3) is 22.3 Å². The van der Waals surface area contributed by atoms with Crippen LogP contribution in [0.4, 0.5) is 17.6 Å². The van der Waals surface area contributed by atoms with E-state index >= 15 is 8.78 Å². The van der Waals surface area contributed by atoms with Crippen molar-refractivity contribution >= 4 is 0 Å². The lowest BCUT2D eigenvalue weighted by Crippen LogP contribution is -2.25. The predicted octanol–water partition coefficient (Wildman–Crippen LogP) is 12.2. The number of benzene rings is 3. The van der Waals surface area contributed by atoms with Gasteiger partial charge in [-0.05, 0) is 91.0 Å². The summed E-state index contributed by atoms with van der Waals surface area (Å²) in [5.74, 6) is -1.45. The molecule has 3 aromatic rings. The first-order valence-corrected chi connectivity index (χ1v) is 16.7. The average Bonchev–Trinajstić information content (AvgIpc) is 3.06. The molecule has 0 aromatic heterocycles. The van der Waals surface area contributed by atoms with E-state index in [0.717, 1.165) is 37.5 Å². The summed E-state index contributed by atoms with van der Waals surface area (Å²) < 4.78 is 65.3. The molecule has 5 rings (SSSR count). The van der Waals surface area contributed by atoms with Crippen LogP contribution < -0.4 is 4.74 Å². The first kappa shape index (κ1) is 32.3. The van der Waals surface area contributed by atoms with E-state index in [4.69, 9.17) is 4.74 Å². The second-order valence-corrected chi connectivity index (χ2v) is 13.0. The van der Waals surface area contributed by atoms with Crippen LogP contribution in [0, 0.1) is 41.0 Å². The second-order valence-electron chi connectivity index (χ2n) is 13.0. The number of rotatable bonds is 12. The highest BCUT2D eigenvalue weighted by Gasteiger charge is 2.32. The van der Waals surface area contributed by atoms with E-state index in [1.54, 1.807) is 36.4 Å². The maximum Gasteiger partial charge on any atom is 0.201 e. The van der Waals surface area contributed by atoms with Gasteiger partial charge < -0.3 is 4.74 Å². The highest BCUT2D eigenvalue weighted by Crippen LogP contribution is 2.45. The summed E-state index contributed by atoms with van der Waals surface area (Å²) in [6.45, 7) is 5.83. The maximum absolute atomic E-state index is 15.5. The third-order valence-corrected chi connectivity index (χ3v) is 10.3. The molecule has 0 aliphatic heterocycles. The molecule has 0 heterocycles. The summed E-state index contributed by atoms with van der Waals surface area (Å²) in [7, 11) is 0. The van der Waals surface area contributed by atoms with Gasteiger partial charge in [0.25, 0.3) is 0 Å². The Morgan fingerprint density at radius 1 is 0.659 bits per heavy atom. The van der Waals surface area contributed by atoms with Crippen LogP contribution in [-0.4, -0.2) is 6.61 Å². The van der Waals surface area contributed by atoms with Gasteiger partial charge in [0.1, 0.15) is 6.61 Å². The average molecular weight is 607 g/mol. The molecular weight excluding hydrogens is 560 g/mol. The molecule has 0 saturated heterocycles. The van der Waals surface area contributed by atoms with Gasteiger partial charge in [0.05, 0.1) is 0 Å². The lowest BCUT2D eigenvalue weighted by Gasteiger charge is -2.38. The highest BCUT2D eigenvalue weighted by atomic mass is 19.2. The normalized spacial score (nSPS) is 22.1. The van der Waals surface area contributed by atoms with Crippen LogP contribution in [0.1, 0.15) is 102 Å². The molecule has 0 N–H and O–H groups in total. The molecule has 2 fully saturated rings. The smallest absolute Gasteiger partial charge is 0.201 e. The molecule has 2 aliphatic carbocycles. The minimum absolute atomic E-state index is 0.0448. The molecule has 1 nitrogen and oxygen atoms in total. The zero-order valence-corrected chi connectivity index (χ0v) is 26.0. The molecule has 44 heavy (non-hydrogen) atoms. The number of halogens is 4. The Labute approximate surface area is 260 Å². The van der Waals surface area contributed by atoms with Crippen molar-refractivity contribution in [1.82, 2.24) is 0 Å². The Balaban J connectivity index is 1.19. The largest absolute Gasteiger partial charge is 0.486 e. The van der Waals surface area contributed by atoms with Crippen molar-refractivity contribution in [2.75, 3.05) is 6.61 Å². The van der Waals surface area contributed by atoms with E-state index in [2.05, 4.69) is 13.5 Å². The van der Waals surface area contributed by atoms with Gasteiger partial charge in [0.15, 0.2) is 23.2 Å². The molecule has 236 valence electrons. The fourth-order valence-corrected chi connectivity index (χ4v) is 7.66. The van der Waals surface area contributed by atoms with E-state index in [1.807, 2.05) is 0 Å². The van der Waals surface area contributed by atoms with E-state index in [0.29, 0.717) is 22.6 Å². The van der Waals surface area contributed by atoms with Crippen LogP contribution in [0.5, 0.6) is 5.75 Å². The fraction of sp³-hybridized carbons (Fsp3) is 0.487. The molecule has 3 aromatic carbocycles. The number of hydrogen-bond acceptors (Lipinski definition) is 1. The van der Waals surface area contributed by atoms with Gasteiger partial charge >= 0.3 is 0 Å². The van der Waals surface area contributed by atoms with Crippen LogP contribution >= 0.6 is 0 Å². The van der Waals surface area contributed by atoms with Gasteiger partial charge in [-0.3, -0.25) is 0 Å². The Morgan fingerprint density at radius 2 is 1.23 bits per heavy atom. The summed E-state index contributed by atoms with van der Waals surface area (Å²) in [6, 6.07) is 12.6.